The number of benzene rings is 2. The van der Waals surface area contributed by atoms with E-state index in [2.05, 4.69) is 0 Å². The molecule has 0 fully saturated rings. The molecule has 0 saturated heterocycles. The van der Waals surface area contributed by atoms with Gasteiger partial charge in [-0.05, 0) is 37.5 Å². The maximum absolute atomic E-state index is 12.4. The number of aryl methyl sites for hydroxylation is 3. The molecule has 0 N–H and O–H groups in total. The first kappa shape index (κ1) is 14.2. The number of carbonyl (C=O) groups excluding carboxylic acids is 2. The first-order chi connectivity index (χ1) is 9.49. The quantitative estimate of drug-likeness (QED) is 0.626. The number of hydrogen-bond donors (Lipinski definition) is 0. The Kier molecular flexibility index (Phi) is 4.14. The molecule has 2 nitrogen and oxygen atoms in total. The van der Waals surface area contributed by atoms with E-state index < -0.39 is 0 Å². The van der Waals surface area contributed by atoms with Crippen molar-refractivity contribution in [2.24, 2.45) is 0 Å². The summed E-state index contributed by atoms with van der Waals surface area (Å²) in [6.07, 6.45) is 0.159. The van der Waals surface area contributed by atoms with Gasteiger partial charge in [0, 0.05) is 12.0 Å². The molecule has 0 heterocycles. The van der Waals surface area contributed by atoms with Crippen LogP contribution in [0, 0.1) is 20.8 Å². The Bertz CT molecular complexity index is 631. The maximum atomic E-state index is 12.4. The van der Waals surface area contributed by atoms with Crippen LogP contribution in [-0.4, -0.2) is 11.6 Å². The van der Waals surface area contributed by atoms with Crippen molar-refractivity contribution in [1.82, 2.24) is 0 Å². The molecule has 0 aromatic heterocycles. The zero-order chi connectivity index (χ0) is 14.7. The van der Waals surface area contributed by atoms with Gasteiger partial charge in [-0.15, -0.1) is 0 Å². The standard InChI is InChI=1S/C18H18O2/c1-12-9-13(2)17(14(3)10-12)18(20)16(19)11-15-7-5-4-6-8-15/h4-10H,11H2,1-3H3. The Labute approximate surface area is 119 Å². The van der Waals surface area contributed by atoms with Crippen molar-refractivity contribution in [2.75, 3.05) is 0 Å². The number of carbonyl (C=O) groups is 2. The van der Waals surface area contributed by atoms with Gasteiger partial charge in [-0.2, -0.15) is 0 Å². The molecule has 0 aliphatic rings. The van der Waals surface area contributed by atoms with Gasteiger partial charge in [0.25, 0.3) is 0 Å². The molecule has 0 aliphatic carbocycles. The van der Waals surface area contributed by atoms with Crippen molar-refractivity contribution in [1.29, 1.82) is 0 Å². The first-order valence-corrected chi connectivity index (χ1v) is 6.68. The Morgan fingerprint density at radius 1 is 0.900 bits per heavy atom. The monoisotopic (exact) mass is 266 g/mol. The highest BCUT2D eigenvalue weighted by Crippen LogP contribution is 2.18. The lowest BCUT2D eigenvalue weighted by atomic mass is 9.93. The molecule has 102 valence electrons. The fourth-order valence-electron chi connectivity index (χ4n) is 2.54. The van der Waals surface area contributed by atoms with Gasteiger partial charge in [0.15, 0.2) is 0 Å². The lowest BCUT2D eigenvalue weighted by Gasteiger charge is -2.09. The van der Waals surface area contributed by atoms with E-state index in [1.54, 1.807) is 0 Å². The summed E-state index contributed by atoms with van der Waals surface area (Å²) >= 11 is 0. The van der Waals surface area contributed by atoms with Crippen molar-refractivity contribution in [3.05, 3.63) is 70.3 Å². The van der Waals surface area contributed by atoms with Gasteiger partial charge in [0.05, 0.1) is 0 Å². The summed E-state index contributed by atoms with van der Waals surface area (Å²) in [5.41, 5.74) is 4.26. The van der Waals surface area contributed by atoms with Gasteiger partial charge in [-0.1, -0.05) is 48.0 Å². The number of rotatable bonds is 4. The molecule has 0 saturated carbocycles. The largest absolute Gasteiger partial charge is 0.290 e. The van der Waals surface area contributed by atoms with Crippen molar-refractivity contribution in [3.8, 4) is 0 Å². The van der Waals surface area contributed by atoms with Crippen LogP contribution in [0.15, 0.2) is 42.5 Å². The molecule has 0 aliphatic heterocycles. The van der Waals surface area contributed by atoms with Crippen molar-refractivity contribution in [2.45, 2.75) is 27.2 Å². The van der Waals surface area contributed by atoms with Crippen LogP contribution in [0.4, 0.5) is 0 Å². The Hall–Kier alpha value is -2.22. The van der Waals surface area contributed by atoms with E-state index in [0.717, 1.165) is 22.3 Å². The van der Waals surface area contributed by atoms with Gasteiger partial charge in [-0.3, -0.25) is 9.59 Å². The SMILES string of the molecule is Cc1cc(C)c(C(=O)C(=O)Cc2ccccc2)c(C)c1. The van der Waals surface area contributed by atoms with Gasteiger partial charge in [0.2, 0.25) is 11.6 Å². The topological polar surface area (TPSA) is 34.1 Å². The van der Waals surface area contributed by atoms with Gasteiger partial charge in [-0.25, -0.2) is 0 Å². The highest BCUT2D eigenvalue weighted by molar-refractivity contribution is 6.44. The third-order valence-corrected chi connectivity index (χ3v) is 3.36. The van der Waals surface area contributed by atoms with E-state index in [1.807, 2.05) is 63.2 Å². The number of hydrogen-bond acceptors (Lipinski definition) is 2. The Morgan fingerprint density at radius 3 is 2.00 bits per heavy atom. The number of ketones is 2. The van der Waals surface area contributed by atoms with E-state index in [9.17, 15) is 9.59 Å². The summed E-state index contributed by atoms with van der Waals surface area (Å²) in [6, 6.07) is 13.2. The molecule has 0 amide bonds. The van der Waals surface area contributed by atoms with E-state index in [1.165, 1.54) is 0 Å². The third-order valence-electron chi connectivity index (χ3n) is 3.36. The summed E-state index contributed by atoms with van der Waals surface area (Å²) in [7, 11) is 0. The average molecular weight is 266 g/mol. The minimum atomic E-state index is -0.385. The zero-order valence-electron chi connectivity index (χ0n) is 12.1. The lowest BCUT2D eigenvalue weighted by Crippen LogP contribution is -2.19. The van der Waals surface area contributed by atoms with Crippen LogP contribution < -0.4 is 0 Å². The first-order valence-electron chi connectivity index (χ1n) is 6.68. The molecule has 2 rings (SSSR count). The third kappa shape index (κ3) is 3.02. The van der Waals surface area contributed by atoms with Gasteiger partial charge < -0.3 is 0 Å². The predicted octanol–water partition coefficient (Wildman–Crippen LogP) is 3.61. The van der Waals surface area contributed by atoms with Crippen LogP contribution in [0.2, 0.25) is 0 Å². The second kappa shape index (κ2) is 5.83. The van der Waals surface area contributed by atoms with Crippen LogP contribution in [0.5, 0.6) is 0 Å². The second-order valence-corrected chi connectivity index (χ2v) is 5.19. The Balaban J connectivity index is 2.26. The van der Waals surface area contributed by atoms with Crippen molar-refractivity contribution >= 4 is 11.6 Å². The molecule has 2 aromatic rings. The lowest BCUT2D eigenvalue weighted by molar-refractivity contribution is -0.114. The molecule has 0 atom stereocenters. The molecule has 2 heteroatoms. The molecular weight excluding hydrogens is 248 g/mol. The van der Waals surface area contributed by atoms with E-state index in [4.69, 9.17) is 0 Å². The van der Waals surface area contributed by atoms with Crippen LogP contribution in [-0.2, 0) is 11.2 Å². The smallest absolute Gasteiger partial charge is 0.229 e. The summed E-state index contributed by atoms with van der Waals surface area (Å²) in [6.45, 7) is 5.74. The normalized spacial score (nSPS) is 10.3. The fraction of sp³-hybridized carbons (Fsp3) is 0.222. The average Bonchev–Trinajstić information content (AvgIpc) is 2.38. The van der Waals surface area contributed by atoms with Crippen LogP contribution >= 0.6 is 0 Å². The minimum Gasteiger partial charge on any atom is -0.290 e. The van der Waals surface area contributed by atoms with E-state index in [-0.39, 0.29) is 18.0 Å². The minimum absolute atomic E-state index is 0.159. The molecule has 0 radical (unpaired) electrons. The van der Waals surface area contributed by atoms with Crippen molar-refractivity contribution in [3.63, 3.8) is 0 Å². The predicted molar refractivity (Wildman–Crippen MR) is 80.1 cm³/mol. The van der Waals surface area contributed by atoms with Crippen LogP contribution in [0.1, 0.15) is 32.6 Å². The Morgan fingerprint density at radius 2 is 1.45 bits per heavy atom. The van der Waals surface area contributed by atoms with E-state index >= 15 is 0 Å². The summed E-state index contributed by atoms with van der Waals surface area (Å²) in [5.74, 6) is -0.741. The van der Waals surface area contributed by atoms with Gasteiger partial charge >= 0.3 is 0 Å². The maximum Gasteiger partial charge on any atom is 0.229 e. The highest BCUT2D eigenvalue weighted by atomic mass is 16.2. The van der Waals surface area contributed by atoms with Crippen molar-refractivity contribution < 1.29 is 9.59 Å². The highest BCUT2D eigenvalue weighted by Gasteiger charge is 2.20. The molecule has 2 aromatic carbocycles. The molecule has 0 unspecified atom stereocenters. The molecule has 20 heavy (non-hydrogen) atoms. The number of Topliss-reactive ketones (excluding diaryl/α,β-unsaturated/α-hetero) is 2. The molecule has 0 bridgehead atoms. The van der Waals surface area contributed by atoms with Crippen LogP contribution in [0.3, 0.4) is 0 Å². The summed E-state index contributed by atoms with van der Waals surface area (Å²) in [5, 5.41) is 0. The van der Waals surface area contributed by atoms with E-state index in [0.29, 0.717) is 5.56 Å². The second-order valence-electron chi connectivity index (χ2n) is 5.19. The van der Waals surface area contributed by atoms with Gasteiger partial charge in [0.1, 0.15) is 0 Å². The molecular formula is C18H18O2. The van der Waals surface area contributed by atoms with Crippen LogP contribution in [0.25, 0.3) is 0 Å². The fourth-order valence-corrected chi connectivity index (χ4v) is 2.54. The molecule has 0 spiro atoms. The summed E-state index contributed by atoms with van der Waals surface area (Å²) < 4.78 is 0. The summed E-state index contributed by atoms with van der Waals surface area (Å²) in [4.78, 5) is 24.5. The zero-order valence-corrected chi connectivity index (χ0v) is 12.1.